The van der Waals surface area contributed by atoms with Crippen LogP contribution >= 0.6 is 24.0 Å². The molecule has 0 amide bonds. The van der Waals surface area contributed by atoms with Gasteiger partial charge in [0.2, 0.25) is 0 Å². The molecule has 0 fully saturated rings. The molecule has 1 nitrogen and oxygen atoms in total. The minimum Gasteiger partial charge on any atom is -0.506 e. The Balaban J connectivity index is 2.72. The summed E-state index contributed by atoms with van der Waals surface area (Å²) in [5.74, 6) is 1.12. The van der Waals surface area contributed by atoms with E-state index in [1.165, 1.54) is 11.8 Å². The number of hydrogen-bond donors (Lipinski definition) is 1. The third-order valence-electron chi connectivity index (χ3n) is 0.700. The summed E-state index contributed by atoms with van der Waals surface area (Å²) in [7, 11) is 0. The number of thioether (sulfide) groups is 1. The first kappa shape index (κ1) is 5.12. The zero-order valence-electron chi connectivity index (χ0n) is 3.55. The molecule has 0 atom stereocenters. The molecule has 1 rings (SSSR count). The zero-order valence-corrected chi connectivity index (χ0v) is 5.18. The summed E-state index contributed by atoms with van der Waals surface area (Å²) in [4.78, 5) is 0. The van der Waals surface area contributed by atoms with Crippen molar-refractivity contribution >= 4 is 28.2 Å². The molecule has 1 aliphatic heterocycles. The van der Waals surface area contributed by atoms with Crippen molar-refractivity contribution in [2.45, 2.75) is 0 Å². The molecule has 1 heterocycles. The summed E-state index contributed by atoms with van der Waals surface area (Å²) in [6.07, 6.45) is 1.72. The van der Waals surface area contributed by atoms with Gasteiger partial charge in [-0.3, -0.25) is 0 Å². The predicted molar refractivity (Wildman–Crippen MR) is 35.8 cm³/mol. The first-order valence-electron chi connectivity index (χ1n) is 1.87. The number of thiocarbonyl (C=S) groups is 1. The van der Waals surface area contributed by atoms with Crippen molar-refractivity contribution in [2.75, 3.05) is 5.75 Å². The van der Waals surface area contributed by atoms with Crippen LogP contribution in [0.4, 0.5) is 0 Å². The number of hydrogen-bond acceptors (Lipinski definition) is 3. The van der Waals surface area contributed by atoms with Crippen LogP contribution in [0, 0.1) is 0 Å². The second kappa shape index (κ2) is 1.84. The van der Waals surface area contributed by atoms with Crippen LogP contribution in [-0.4, -0.2) is 15.1 Å². The monoisotopic (exact) mass is 132 g/mol. The van der Waals surface area contributed by atoms with Gasteiger partial charge in [-0.25, -0.2) is 0 Å². The molecule has 0 aromatic heterocycles. The number of rotatable bonds is 0. The average molecular weight is 132 g/mol. The van der Waals surface area contributed by atoms with Crippen molar-refractivity contribution in [3.05, 3.63) is 11.8 Å². The Bertz CT molecular complexity index is 128. The molecule has 0 saturated carbocycles. The summed E-state index contributed by atoms with van der Waals surface area (Å²) in [5.41, 5.74) is 0. The summed E-state index contributed by atoms with van der Waals surface area (Å²) in [6, 6.07) is 0. The van der Waals surface area contributed by atoms with Gasteiger partial charge in [0.15, 0.2) is 0 Å². The van der Waals surface area contributed by atoms with Gasteiger partial charge >= 0.3 is 0 Å². The first-order chi connectivity index (χ1) is 3.30. The fourth-order valence-electron chi connectivity index (χ4n) is 0.354. The maximum atomic E-state index is 8.70. The van der Waals surface area contributed by atoms with E-state index >= 15 is 0 Å². The molecule has 0 bridgehead atoms. The van der Waals surface area contributed by atoms with E-state index in [2.05, 4.69) is 12.2 Å². The fourth-order valence-corrected chi connectivity index (χ4v) is 1.26. The quantitative estimate of drug-likeness (QED) is 0.504. The zero-order chi connectivity index (χ0) is 5.28. The van der Waals surface area contributed by atoms with Gasteiger partial charge < -0.3 is 5.11 Å². The first-order valence-corrected chi connectivity index (χ1v) is 3.26. The van der Waals surface area contributed by atoms with Gasteiger partial charge in [0.05, 0.1) is 0 Å². The van der Waals surface area contributed by atoms with E-state index in [1.54, 1.807) is 6.08 Å². The van der Waals surface area contributed by atoms with Crippen molar-refractivity contribution < 1.29 is 5.11 Å². The summed E-state index contributed by atoms with van der Waals surface area (Å²) >= 11 is 6.18. The largest absolute Gasteiger partial charge is 0.506 e. The normalized spacial score (nSPS) is 20.0. The van der Waals surface area contributed by atoms with Crippen LogP contribution < -0.4 is 0 Å². The van der Waals surface area contributed by atoms with Gasteiger partial charge in [0.25, 0.3) is 0 Å². The number of aliphatic hydroxyl groups excluding tert-OH is 1. The van der Waals surface area contributed by atoms with Crippen LogP contribution in [-0.2, 0) is 0 Å². The van der Waals surface area contributed by atoms with Crippen LogP contribution in [0.15, 0.2) is 11.8 Å². The van der Waals surface area contributed by atoms with E-state index in [9.17, 15) is 0 Å². The number of aliphatic hydroxyl groups is 1. The van der Waals surface area contributed by atoms with E-state index in [0.717, 1.165) is 5.75 Å². The lowest BCUT2D eigenvalue weighted by Crippen LogP contribution is -1.82. The SMILES string of the molecule is OC1=CCSC1=S. The second-order valence-corrected chi connectivity index (χ2v) is 2.88. The highest BCUT2D eigenvalue weighted by molar-refractivity contribution is 8.24. The second-order valence-electron chi connectivity index (χ2n) is 1.19. The van der Waals surface area contributed by atoms with Gasteiger partial charge in [-0.05, 0) is 6.08 Å². The van der Waals surface area contributed by atoms with Gasteiger partial charge in [0.1, 0.15) is 9.96 Å². The Morgan fingerprint density at radius 2 is 2.57 bits per heavy atom. The van der Waals surface area contributed by atoms with E-state index in [-0.39, 0.29) is 5.76 Å². The fraction of sp³-hybridized carbons (Fsp3) is 0.250. The molecule has 1 aliphatic rings. The molecular formula is C4H4OS2. The third-order valence-corrected chi connectivity index (χ3v) is 2.07. The maximum Gasteiger partial charge on any atom is 0.136 e. The minimum absolute atomic E-state index is 0.278. The molecule has 0 aromatic carbocycles. The molecule has 0 radical (unpaired) electrons. The molecule has 0 spiro atoms. The van der Waals surface area contributed by atoms with Crippen LogP contribution in [0.2, 0.25) is 0 Å². The molecule has 1 N–H and O–H groups in total. The van der Waals surface area contributed by atoms with Crippen LogP contribution in [0.5, 0.6) is 0 Å². The van der Waals surface area contributed by atoms with Crippen LogP contribution in [0.1, 0.15) is 0 Å². The molecule has 0 unspecified atom stereocenters. The maximum absolute atomic E-state index is 8.70. The van der Waals surface area contributed by atoms with Crippen molar-refractivity contribution in [1.29, 1.82) is 0 Å². The highest BCUT2D eigenvalue weighted by atomic mass is 32.2. The average Bonchev–Trinajstić information content (AvgIpc) is 1.91. The Labute approximate surface area is 51.4 Å². The van der Waals surface area contributed by atoms with E-state index in [1.807, 2.05) is 0 Å². The van der Waals surface area contributed by atoms with Gasteiger partial charge in [0, 0.05) is 5.75 Å². The van der Waals surface area contributed by atoms with Gasteiger partial charge in [-0.15, -0.1) is 11.8 Å². The molecule has 3 heteroatoms. The van der Waals surface area contributed by atoms with E-state index < -0.39 is 0 Å². The topological polar surface area (TPSA) is 20.2 Å². The molecule has 0 aliphatic carbocycles. The Morgan fingerprint density at radius 3 is 2.71 bits per heavy atom. The lowest BCUT2D eigenvalue weighted by Gasteiger charge is -1.84. The van der Waals surface area contributed by atoms with E-state index in [4.69, 9.17) is 5.11 Å². The standard InChI is InChI=1S/C4H4OS2/c5-3-1-2-7-4(3)6/h1,5H,2H2. The molecule has 7 heavy (non-hydrogen) atoms. The highest BCUT2D eigenvalue weighted by Gasteiger charge is 2.07. The molecular weight excluding hydrogens is 128 g/mol. The smallest absolute Gasteiger partial charge is 0.136 e. The molecule has 0 aromatic rings. The summed E-state index contributed by atoms with van der Waals surface area (Å²) in [5, 5.41) is 8.70. The highest BCUT2D eigenvalue weighted by Crippen LogP contribution is 2.18. The summed E-state index contributed by atoms with van der Waals surface area (Å²) in [6.45, 7) is 0. The summed E-state index contributed by atoms with van der Waals surface area (Å²) < 4.78 is 0.625. The van der Waals surface area contributed by atoms with Crippen LogP contribution in [0.3, 0.4) is 0 Å². The van der Waals surface area contributed by atoms with Gasteiger partial charge in [-0.2, -0.15) is 0 Å². The van der Waals surface area contributed by atoms with E-state index in [0.29, 0.717) is 4.20 Å². The lowest BCUT2D eigenvalue weighted by atomic mass is 10.5. The van der Waals surface area contributed by atoms with Crippen molar-refractivity contribution in [3.8, 4) is 0 Å². The van der Waals surface area contributed by atoms with Crippen molar-refractivity contribution in [2.24, 2.45) is 0 Å². The van der Waals surface area contributed by atoms with Crippen LogP contribution in [0.25, 0.3) is 0 Å². The minimum atomic E-state index is 0.278. The Kier molecular flexibility index (Phi) is 1.35. The van der Waals surface area contributed by atoms with Gasteiger partial charge in [-0.1, -0.05) is 12.2 Å². The molecule has 0 saturated heterocycles. The lowest BCUT2D eigenvalue weighted by molar-refractivity contribution is 0.447. The predicted octanol–water partition coefficient (Wildman–Crippen LogP) is 1.50. The third kappa shape index (κ3) is 0.951. The van der Waals surface area contributed by atoms with Crippen molar-refractivity contribution in [3.63, 3.8) is 0 Å². The Hall–Kier alpha value is -0.0200. The molecule has 38 valence electrons. The van der Waals surface area contributed by atoms with Crippen molar-refractivity contribution in [1.82, 2.24) is 0 Å². The Morgan fingerprint density at radius 1 is 1.86 bits per heavy atom.